The Morgan fingerprint density at radius 1 is 1.35 bits per heavy atom. The van der Waals surface area contributed by atoms with E-state index in [1.807, 2.05) is 11.8 Å². The molecule has 1 heterocycles. The number of aryl methyl sites for hydroxylation is 1. The minimum absolute atomic E-state index is 0.0220. The molecule has 1 aromatic heterocycles. The Balaban J connectivity index is 2.92. The maximum Gasteiger partial charge on any atom is 0.256 e. The van der Waals surface area contributed by atoms with Gasteiger partial charge in [-0.05, 0) is 25.8 Å². The lowest BCUT2D eigenvalue weighted by Gasteiger charge is -2.21. The summed E-state index contributed by atoms with van der Waals surface area (Å²) < 4.78 is 0. The van der Waals surface area contributed by atoms with Crippen molar-refractivity contribution in [3.8, 4) is 0 Å². The number of halogens is 1. The molecule has 0 bridgehead atoms. The first-order valence-electron chi connectivity index (χ1n) is 6.01. The number of carbonyl (C=O) groups is 1. The molecule has 0 atom stereocenters. The summed E-state index contributed by atoms with van der Waals surface area (Å²) in [7, 11) is 0. The van der Waals surface area contributed by atoms with E-state index < -0.39 is 0 Å². The van der Waals surface area contributed by atoms with Crippen molar-refractivity contribution >= 4 is 17.5 Å². The average Bonchev–Trinajstić information content (AvgIpc) is 2.28. The first kappa shape index (κ1) is 14.0. The van der Waals surface area contributed by atoms with Gasteiger partial charge in [0.25, 0.3) is 5.91 Å². The van der Waals surface area contributed by atoms with Crippen molar-refractivity contribution in [2.45, 2.75) is 33.6 Å². The normalized spacial score (nSPS) is 10.4. The fourth-order valence-electron chi connectivity index (χ4n) is 1.71. The molecule has 1 aromatic rings. The molecular formula is C13H19ClN2O. The summed E-state index contributed by atoms with van der Waals surface area (Å²) >= 11 is 6.08. The van der Waals surface area contributed by atoms with E-state index in [1.54, 1.807) is 12.3 Å². The van der Waals surface area contributed by atoms with Crippen LogP contribution >= 0.6 is 11.6 Å². The highest BCUT2D eigenvalue weighted by Gasteiger charge is 2.17. The lowest BCUT2D eigenvalue weighted by molar-refractivity contribution is 0.0755. The number of aromatic nitrogens is 1. The molecule has 0 fully saturated rings. The summed E-state index contributed by atoms with van der Waals surface area (Å²) in [4.78, 5) is 18.2. The van der Waals surface area contributed by atoms with Crippen LogP contribution in [0, 0.1) is 6.92 Å². The molecule has 0 aromatic carbocycles. The van der Waals surface area contributed by atoms with E-state index in [9.17, 15) is 4.79 Å². The molecule has 1 rings (SSSR count). The molecule has 0 saturated heterocycles. The second kappa shape index (κ2) is 6.60. The maximum absolute atomic E-state index is 12.3. The van der Waals surface area contributed by atoms with Crippen molar-refractivity contribution in [2.75, 3.05) is 13.1 Å². The standard InChI is InChI=1S/C13H19ClN2O/c1-4-6-16(7-5-2)13(17)11-9-15-10(3)8-12(11)14/h8-9H,4-7H2,1-3H3. The van der Waals surface area contributed by atoms with Gasteiger partial charge in [0.15, 0.2) is 0 Å². The molecule has 0 radical (unpaired) electrons. The third-order valence-corrected chi connectivity index (χ3v) is 2.81. The van der Waals surface area contributed by atoms with E-state index in [2.05, 4.69) is 18.8 Å². The first-order valence-corrected chi connectivity index (χ1v) is 6.39. The molecule has 0 saturated carbocycles. The molecule has 17 heavy (non-hydrogen) atoms. The molecule has 0 aliphatic heterocycles. The van der Waals surface area contributed by atoms with Crippen molar-refractivity contribution in [2.24, 2.45) is 0 Å². The lowest BCUT2D eigenvalue weighted by Crippen LogP contribution is -2.32. The third kappa shape index (κ3) is 3.70. The van der Waals surface area contributed by atoms with Gasteiger partial charge >= 0.3 is 0 Å². The molecule has 0 unspecified atom stereocenters. The van der Waals surface area contributed by atoms with Crippen LogP contribution in [0.1, 0.15) is 42.7 Å². The molecule has 1 amide bonds. The minimum atomic E-state index is -0.0220. The molecule has 0 spiro atoms. The third-order valence-electron chi connectivity index (χ3n) is 2.49. The largest absolute Gasteiger partial charge is 0.339 e. The van der Waals surface area contributed by atoms with Gasteiger partial charge in [-0.3, -0.25) is 9.78 Å². The Hall–Kier alpha value is -1.09. The minimum Gasteiger partial charge on any atom is -0.339 e. The highest BCUT2D eigenvalue weighted by Crippen LogP contribution is 2.18. The summed E-state index contributed by atoms with van der Waals surface area (Å²) in [5.74, 6) is -0.0220. The summed E-state index contributed by atoms with van der Waals surface area (Å²) in [6.07, 6.45) is 3.46. The zero-order chi connectivity index (χ0) is 12.8. The van der Waals surface area contributed by atoms with Crippen LogP contribution in [0.15, 0.2) is 12.3 Å². The fraction of sp³-hybridized carbons (Fsp3) is 0.538. The lowest BCUT2D eigenvalue weighted by atomic mass is 10.2. The molecular weight excluding hydrogens is 236 g/mol. The highest BCUT2D eigenvalue weighted by atomic mass is 35.5. The quantitative estimate of drug-likeness (QED) is 0.808. The van der Waals surface area contributed by atoms with Crippen LogP contribution in [0.5, 0.6) is 0 Å². The summed E-state index contributed by atoms with van der Waals surface area (Å²) in [5, 5.41) is 0.486. The summed E-state index contributed by atoms with van der Waals surface area (Å²) in [6, 6.07) is 1.73. The van der Waals surface area contributed by atoms with Crippen LogP contribution in [-0.2, 0) is 0 Å². The number of nitrogens with zero attached hydrogens (tertiary/aromatic N) is 2. The number of hydrogen-bond acceptors (Lipinski definition) is 2. The maximum atomic E-state index is 12.3. The van der Waals surface area contributed by atoms with Crippen molar-refractivity contribution in [3.05, 3.63) is 28.5 Å². The van der Waals surface area contributed by atoms with Gasteiger partial charge in [0, 0.05) is 25.0 Å². The number of pyridine rings is 1. The molecule has 0 aliphatic carbocycles. The van der Waals surface area contributed by atoms with Gasteiger partial charge in [-0.1, -0.05) is 25.4 Å². The van der Waals surface area contributed by atoms with Gasteiger partial charge in [0.1, 0.15) is 0 Å². The van der Waals surface area contributed by atoms with E-state index in [1.165, 1.54) is 0 Å². The zero-order valence-corrected chi connectivity index (χ0v) is 11.4. The van der Waals surface area contributed by atoms with Gasteiger partial charge in [-0.2, -0.15) is 0 Å². The van der Waals surface area contributed by atoms with Crippen molar-refractivity contribution in [3.63, 3.8) is 0 Å². The monoisotopic (exact) mass is 254 g/mol. The summed E-state index contributed by atoms with van der Waals surface area (Å²) in [5.41, 5.74) is 1.32. The Bertz CT molecular complexity index is 387. The van der Waals surface area contributed by atoms with Gasteiger partial charge < -0.3 is 4.90 Å². The van der Waals surface area contributed by atoms with Crippen LogP contribution < -0.4 is 0 Å². The van der Waals surface area contributed by atoms with Crippen molar-refractivity contribution in [1.82, 2.24) is 9.88 Å². The first-order chi connectivity index (χ1) is 8.10. The topological polar surface area (TPSA) is 33.2 Å². The predicted octanol–water partition coefficient (Wildman–Crippen LogP) is 3.31. The Morgan fingerprint density at radius 2 is 1.94 bits per heavy atom. The Labute approximate surface area is 108 Å². The number of amides is 1. The van der Waals surface area contributed by atoms with Crippen LogP contribution in [0.25, 0.3) is 0 Å². The van der Waals surface area contributed by atoms with Crippen LogP contribution in [0.2, 0.25) is 5.02 Å². The van der Waals surface area contributed by atoms with Crippen LogP contribution in [0.4, 0.5) is 0 Å². The smallest absolute Gasteiger partial charge is 0.256 e. The fourth-order valence-corrected chi connectivity index (χ4v) is 2.00. The van der Waals surface area contributed by atoms with E-state index in [0.29, 0.717) is 10.6 Å². The second-order valence-corrected chi connectivity index (χ2v) is 4.50. The molecule has 4 heteroatoms. The van der Waals surface area contributed by atoms with E-state index >= 15 is 0 Å². The average molecular weight is 255 g/mol. The molecule has 94 valence electrons. The summed E-state index contributed by atoms with van der Waals surface area (Å²) in [6.45, 7) is 7.50. The van der Waals surface area contributed by atoms with Gasteiger partial charge in [-0.15, -0.1) is 0 Å². The zero-order valence-electron chi connectivity index (χ0n) is 10.7. The van der Waals surface area contributed by atoms with Crippen molar-refractivity contribution < 1.29 is 4.79 Å². The molecule has 0 aliphatic rings. The van der Waals surface area contributed by atoms with E-state index in [-0.39, 0.29) is 5.91 Å². The highest BCUT2D eigenvalue weighted by molar-refractivity contribution is 6.33. The van der Waals surface area contributed by atoms with Crippen LogP contribution in [0.3, 0.4) is 0 Å². The Morgan fingerprint density at radius 3 is 2.41 bits per heavy atom. The number of rotatable bonds is 5. The number of carbonyl (C=O) groups excluding carboxylic acids is 1. The number of hydrogen-bond donors (Lipinski definition) is 0. The van der Waals surface area contributed by atoms with Gasteiger partial charge in [0.2, 0.25) is 0 Å². The van der Waals surface area contributed by atoms with Gasteiger partial charge in [-0.25, -0.2) is 0 Å². The predicted molar refractivity (Wildman–Crippen MR) is 70.5 cm³/mol. The SMILES string of the molecule is CCCN(CCC)C(=O)c1cnc(C)cc1Cl. The van der Waals surface area contributed by atoms with E-state index in [0.717, 1.165) is 31.6 Å². The van der Waals surface area contributed by atoms with Crippen LogP contribution in [-0.4, -0.2) is 28.9 Å². The molecule has 0 N–H and O–H groups in total. The Kier molecular flexibility index (Phi) is 5.42. The van der Waals surface area contributed by atoms with E-state index in [4.69, 9.17) is 11.6 Å². The van der Waals surface area contributed by atoms with Gasteiger partial charge in [0.05, 0.1) is 10.6 Å². The second-order valence-electron chi connectivity index (χ2n) is 4.10. The molecule has 3 nitrogen and oxygen atoms in total. The van der Waals surface area contributed by atoms with Crippen molar-refractivity contribution in [1.29, 1.82) is 0 Å².